The summed E-state index contributed by atoms with van der Waals surface area (Å²) in [5.41, 5.74) is -0.801. The third kappa shape index (κ3) is 19.8. The zero-order valence-electron chi connectivity index (χ0n) is 44.7. The van der Waals surface area contributed by atoms with E-state index in [-0.39, 0.29) is 93.0 Å². The topological polar surface area (TPSA) is 263 Å². The van der Waals surface area contributed by atoms with E-state index in [0.29, 0.717) is 29.4 Å². The Labute approximate surface area is 446 Å². The van der Waals surface area contributed by atoms with E-state index in [4.69, 9.17) is 28.4 Å². The molecule has 0 radical (unpaired) electrons. The number of nitrogens with zero attached hydrogens (tertiary/aromatic N) is 2. The first-order valence-electron chi connectivity index (χ1n) is 24.8. The Morgan fingerprint density at radius 2 is 1.57 bits per heavy atom. The molecule has 22 heteroatoms. The smallest absolute Gasteiger partial charge is 0.413 e. The molecule has 6 N–H and O–H groups in total. The van der Waals surface area contributed by atoms with Gasteiger partial charge in [-0.1, -0.05) is 12.1 Å². The van der Waals surface area contributed by atoms with Crippen LogP contribution in [0, 0.1) is 5.82 Å². The van der Waals surface area contributed by atoms with Gasteiger partial charge in [0.15, 0.2) is 16.6 Å². The fourth-order valence-corrected chi connectivity index (χ4v) is 8.25. The highest BCUT2D eigenvalue weighted by molar-refractivity contribution is 7.13. The van der Waals surface area contributed by atoms with Crippen molar-refractivity contribution < 1.29 is 66.7 Å². The lowest BCUT2D eigenvalue weighted by Crippen LogP contribution is -2.48. The van der Waals surface area contributed by atoms with Gasteiger partial charge in [-0.2, -0.15) is 0 Å². The third-order valence-electron chi connectivity index (χ3n) is 10.8. The number of fused-ring (bicyclic) bond motifs is 1. The number of aromatic carboxylic acids is 1. The third-order valence-corrected chi connectivity index (χ3v) is 11.5. The van der Waals surface area contributed by atoms with Crippen LogP contribution in [0.5, 0.6) is 17.2 Å². The monoisotopic (exact) mass is 1080 g/mol. The molecule has 0 aliphatic carbocycles. The van der Waals surface area contributed by atoms with Gasteiger partial charge in [0.1, 0.15) is 53.3 Å². The van der Waals surface area contributed by atoms with Gasteiger partial charge in [0, 0.05) is 54.8 Å². The molecule has 0 bridgehead atoms. The Balaban J connectivity index is 1.24. The average molecular weight is 1080 g/mol. The number of carboxylic acid groups (broad SMARTS) is 1. The fraction of sp³-hybridized carbons (Fsp3) is 0.481. The molecule has 20 nitrogen and oxygen atoms in total. The maximum absolute atomic E-state index is 15.7. The summed E-state index contributed by atoms with van der Waals surface area (Å²) in [4.78, 5) is 84.8. The number of hydrogen-bond donors (Lipinski definition) is 6. The molecule has 412 valence electrons. The van der Waals surface area contributed by atoms with Crippen molar-refractivity contribution in [1.82, 2.24) is 26.3 Å². The van der Waals surface area contributed by atoms with Crippen molar-refractivity contribution in [2.24, 2.45) is 4.99 Å². The molecule has 0 fully saturated rings. The first-order chi connectivity index (χ1) is 35.6. The summed E-state index contributed by atoms with van der Waals surface area (Å²) in [5, 5.41) is 25.8. The summed E-state index contributed by atoms with van der Waals surface area (Å²) >= 11 is 1.31. The molecule has 0 saturated heterocycles. The molecule has 0 unspecified atom stereocenters. The number of alkyl carbamates (subject to hydrolysis) is 2. The minimum absolute atomic E-state index is 0.0106. The summed E-state index contributed by atoms with van der Waals surface area (Å²) in [6.45, 7) is 18.1. The van der Waals surface area contributed by atoms with E-state index in [1.807, 2.05) is 13.0 Å². The van der Waals surface area contributed by atoms with E-state index in [9.17, 15) is 33.9 Å². The number of carboxylic acids is 1. The van der Waals surface area contributed by atoms with E-state index in [2.05, 4.69) is 36.6 Å². The van der Waals surface area contributed by atoms with Gasteiger partial charge >= 0.3 is 24.1 Å². The number of amidine groups is 1. The second kappa shape index (κ2) is 26.5. The number of hydrogen-bond acceptors (Lipinski definition) is 16. The SMILES string of the molecule is CC(C)(C)OC(=O)CC(=NCCC[C@@H](NC(=O)OC(C)(C)C)C(=O)NCCOCCOc1cc2c(cc1Oc1ccc(-c3ccc(C(=O)O)cc3)c(F)c1)[C@@](C)(CC(=O)Nc1nccs1)NCC2)NC(=O)OC(C)(C)C. The van der Waals surface area contributed by atoms with Gasteiger partial charge in [-0.05, 0) is 142 Å². The largest absolute Gasteiger partial charge is 0.487 e. The van der Waals surface area contributed by atoms with Crippen LogP contribution < -0.4 is 36.1 Å². The van der Waals surface area contributed by atoms with Crippen LogP contribution in [0.2, 0.25) is 0 Å². The number of amides is 4. The molecule has 0 saturated carbocycles. The van der Waals surface area contributed by atoms with Gasteiger partial charge in [-0.3, -0.25) is 24.7 Å². The minimum Gasteiger partial charge on any atom is -0.487 e. The normalized spacial score (nSPS) is 15.1. The van der Waals surface area contributed by atoms with E-state index < -0.39 is 64.2 Å². The van der Waals surface area contributed by atoms with Gasteiger partial charge in [0.05, 0.1) is 18.8 Å². The highest BCUT2D eigenvalue weighted by atomic mass is 32.1. The first kappa shape index (κ1) is 59.7. The fourth-order valence-electron chi connectivity index (χ4n) is 7.71. The number of rotatable bonds is 22. The number of carbonyl (C=O) groups excluding carboxylic acids is 5. The molecular weight excluding hydrogens is 1010 g/mol. The van der Waals surface area contributed by atoms with Crippen LogP contribution in [0.3, 0.4) is 0 Å². The zero-order chi connectivity index (χ0) is 55.8. The molecule has 1 aliphatic heterocycles. The Morgan fingerprint density at radius 1 is 0.868 bits per heavy atom. The number of halogens is 1. The Kier molecular flexibility index (Phi) is 20.9. The molecule has 5 rings (SSSR count). The number of aromatic nitrogens is 1. The predicted octanol–water partition coefficient (Wildman–Crippen LogP) is 8.67. The van der Waals surface area contributed by atoms with Crippen molar-refractivity contribution in [2.45, 2.75) is 130 Å². The first-order valence-corrected chi connectivity index (χ1v) is 25.7. The van der Waals surface area contributed by atoms with E-state index in [0.717, 1.165) is 11.1 Å². The molecule has 76 heavy (non-hydrogen) atoms. The van der Waals surface area contributed by atoms with Crippen molar-refractivity contribution in [3.63, 3.8) is 0 Å². The molecule has 2 atom stereocenters. The average Bonchev–Trinajstić information content (AvgIpc) is 3.81. The van der Waals surface area contributed by atoms with Crippen LogP contribution >= 0.6 is 11.3 Å². The molecule has 3 aromatic carbocycles. The summed E-state index contributed by atoms with van der Waals surface area (Å²) in [7, 11) is 0. The minimum atomic E-state index is -1.10. The summed E-state index contributed by atoms with van der Waals surface area (Å²) in [6.07, 6.45) is 0.663. The zero-order valence-corrected chi connectivity index (χ0v) is 45.5. The van der Waals surface area contributed by atoms with Crippen LogP contribution in [0.4, 0.5) is 19.1 Å². The number of anilines is 1. The predicted molar refractivity (Wildman–Crippen MR) is 284 cm³/mol. The number of nitrogens with one attached hydrogen (secondary N) is 5. The molecular formula is C54H70FN7O13S. The molecule has 2 heterocycles. The van der Waals surface area contributed by atoms with Gasteiger partial charge in [0.2, 0.25) is 11.8 Å². The lowest BCUT2D eigenvalue weighted by atomic mass is 9.81. The van der Waals surface area contributed by atoms with Crippen molar-refractivity contribution in [3.05, 3.63) is 88.7 Å². The van der Waals surface area contributed by atoms with Crippen molar-refractivity contribution >= 4 is 58.2 Å². The van der Waals surface area contributed by atoms with Crippen molar-refractivity contribution in [3.8, 4) is 28.4 Å². The van der Waals surface area contributed by atoms with Crippen LogP contribution in [-0.2, 0) is 45.3 Å². The second-order valence-corrected chi connectivity index (χ2v) is 21.9. The van der Waals surface area contributed by atoms with E-state index in [1.165, 1.54) is 47.7 Å². The van der Waals surface area contributed by atoms with Gasteiger partial charge < -0.3 is 54.8 Å². The van der Waals surface area contributed by atoms with Gasteiger partial charge in [0.25, 0.3) is 0 Å². The molecule has 1 aliphatic rings. The van der Waals surface area contributed by atoms with E-state index >= 15 is 4.39 Å². The summed E-state index contributed by atoms with van der Waals surface area (Å²) < 4.78 is 50.3. The highest BCUT2D eigenvalue weighted by Gasteiger charge is 2.36. The maximum atomic E-state index is 15.7. The molecule has 4 aromatic rings. The van der Waals surface area contributed by atoms with E-state index in [1.54, 1.807) is 86.0 Å². The maximum Gasteiger partial charge on any atom is 0.413 e. The highest BCUT2D eigenvalue weighted by Crippen LogP contribution is 2.42. The van der Waals surface area contributed by atoms with Crippen LogP contribution in [0.1, 0.15) is 116 Å². The van der Waals surface area contributed by atoms with Gasteiger partial charge in [-0.15, -0.1) is 11.3 Å². The Bertz CT molecular complexity index is 2670. The quantitative estimate of drug-likeness (QED) is 0.0141. The summed E-state index contributed by atoms with van der Waals surface area (Å²) in [5.74, 6) is -2.36. The van der Waals surface area contributed by atoms with Crippen molar-refractivity contribution in [1.29, 1.82) is 0 Å². The standard InChI is InChI=1S/C54H70FN7O13S/c1-51(2,3)73-45(64)31-43(61-50(69)75-53(7,8)9)56-20-11-12-40(60-49(68)74-52(4,5)6)46(65)57-22-24-70-25-26-71-41-28-35-19-21-59-54(10,32-44(63)62-48-58-23-27-76-48)38(35)30-42(41)72-36-17-18-37(39(55)29-36)33-13-15-34(16-14-33)47(66)67/h13-18,23,27-30,40,59H,11-12,19-22,24-26,31-32H2,1-10H3,(H,57,65)(H,60,68)(H,66,67)(H,56,61,69)(H,58,62,63)/t40-,54-/m1/s1. The van der Waals surface area contributed by atoms with Crippen molar-refractivity contribution in [2.75, 3.05) is 44.8 Å². The lowest BCUT2D eigenvalue weighted by Gasteiger charge is -2.37. The second-order valence-electron chi connectivity index (χ2n) is 21.0. The molecule has 1 aromatic heterocycles. The number of ether oxygens (including phenoxy) is 6. The number of benzene rings is 3. The molecule has 4 amide bonds. The number of esters is 1. The molecule has 0 spiro atoms. The van der Waals surface area contributed by atoms with Crippen LogP contribution in [0.15, 0.2) is 71.2 Å². The van der Waals surface area contributed by atoms with Crippen LogP contribution in [-0.4, -0.2) is 114 Å². The van der Waals surface area contributed by atoms with Crippen LogP contribution in [0.25, 0.3) is 11.1 Å². The Morgan fingerprint density at radius 3 is 2.21 bits per heavy atom. The number of thiazole rings is 1. The summed E-state index contributed by atoms with van der Waals surface area (Å²) in [6, 6.07) is 12.7. The number of aliphatic imine (C=N–C) groups is 1. The Hall–Kier alpha value is -7.17. The van der Waals surface area contributed by atoms with Gasteiger partial charge in [-0.25, -0.2) is 23.8 Å². The number of carbonyl (C=O) groups is 6. The lowest BCUT2D eigenvalue weighted by molar-refractivity contribution is -0.153.